The van der Waals surface area contributed by atoms with Crippen molar-refractivity contribution in [3.05, 3.63) is 28.8 Å². The van der Waals surface area contributed by atoms with Crippen LogP contribution in [0, 0.1) is 12.8 Å². The van der Waals surface area contributed by atoms with Crippen LogP contribution in [-0.2, 0) is 14.6 Å². The van der Waals surface area contributed by atoms with E-state index in [1.165, 1.54) is 5.56 Å². The van der Waals surface area contributed by atoms with E-state index in [2.05, 4.69) is 30.6 Å². The molecule has 1 atom stereocenters. The molecule has 0 saturated carbocycles. The Bertz CT molecular complexity index is 836. The molecule has 0 spiro atoms. The van der Waals surface area contributed by atoms with E-state index in [9.17, 15) is 13.2 Å². The summed E-state index contributed by atoms with van der Waals surface area (Å²) in [4.78, 5) is 19.4. The lowest BCUT2D eigenvalue weighted by atomic mass is 10.1. The molecule has 6 nitrogen and oxygen atoms in total. The second-order valence-corrected chi connectivity index (χ2v) is 11.4. The van der Waals surface area contributed by atoms with Crippen molar-refractivity contribution in [1.82, 2.24) is 9.80 Å². The van der Waals surface area contributed by atoms with Crippen molar-refractivity contribution in [2.75, 3.05) is 55.7 Å². The van der Waals surface area contributed by atoms with Gasteiger partial charge in [-0.05, 0) is 37.0 Å². The second kappa shape index (κ2) is 9.23. The fourth-order valence-corrected chi connectivity index (χ4v) is 6.12. The summed E-state index contributed by atoms with van der Waals surface area (Å²) >= 11 is 6.16. The number of carbonyl (C=O) groups excluding carboxylic acids is 1. The lowest BCUT2D eigenvalue weighted by Gasteiger charge is -2.38. The van der Waals surface area contributed by atoms with E-state index >= 15 is 0 Å². The molecule has 1 aromatic carbocycles. The van der Waals surface area contributed by atoms with Crippen LogP contribution < -0.4 is 4.90 Å². The minimum atomic E-state index is -3.01. The number of halogens is 1. The number of sulfone groups is 1. The molecule has 29 heavy (non-hydrogen) atoms. The third-order valence-electron chi connectivity index (χ3n) is 5.77. The summed E-state index contributed by atoms with van der Waals surface area (Å²) in [5, 5.41) is 0.735. The molecular weight excluding hydrogens is 410 g/mol. The molecule has 0 radical (unpaired) electrons. The van der Waals surface area contributed by atoms with Crippen molar-refractivity contribution in [3.63, 3.8) is 0 Å². The minimum Gasteiger partial charge on any atom is -0.369 e. The van der Waals surface area contributed by atoms with Gasteiger partial charge in [-0.3, -0.25) is 9.69 Å². The Hall–Kier alpha value is -1.31. The van der Waals surface area contributed by atoms with Crippen LogP contribution in [0.2, 0.25) is 5.02 Å². The number of benzene rings is 1. The average molecular weight is 442 g/mol. The van der Waals surface area contributed by atoms with Gasteiger partial charge in [0.05, 0.1) is 18.1 Å². The molecule has 0 N–H and O–H groups in total. The van der Waals surface area contributed by atoms with Gasteiger partial charge in [-0.1, -0.05) is 31.5 Å². The summed E-state index contributed by atoms with van der Waals surface area (Å²) in [6.45, 7) is 10.5. The summed E-state index contributed by atoms with van der Waals surface area (Å²) in [5.41, 5.74) is 2.35. The Labute approximate surface area is 179 Å². The third-order valence-corrected chi connectivity index (χ3v) is 7.76. The van der Waals surface area contributed by atoms with Crippen LogP contribution in [0.5, 0.6) is 0 Å². The van der Waals surface area contributed by atoms with E-state index in [1.807, 2.05) is 23.1 Å². The highest BCUT2D eigenvalue weighted by atomic mass is 35.5. The van der Waals surface area contributed by atoms with Crippen LogP contribution in [0.15, 0.2) is 18.2 Å². The molecule has 1 unspecified atom stereocenters. The number of nitrogens with zero attached hydrogens (tertiary/aromatic N) is 3. The zero-order valence-corrected chi connectivity index (χ0v) is 19.2. The van der Waals surface area contributed by atoms with E-state index in [1.54, 1.807) is 0 Å². The number of carbonyl (C=O) groups is 1. The van der Waals surface area contributed by atoms with Gasteiger partial charge in [-0.25, -0.2) is 8.42 Å². The van der Waals surface area contributed by atoms with Crippen LogP contribution in [0.4, 0.5) is 5.69 Å². The van der Waals surface area contributed by atoms with Gasteiger partial charge < -0.3 is 9.80 Å². The van der Waals surface area contributed by atoms with Crippen molar-refractivity contribution < 1.29 is 13.2 Å². The first-order valence-electron chi connectivity index (χ1n) is 10.4. The molecule has 3 rings (SSSR count). The maximum absolute atomic E-state index is 13.1. The maximum Gasteiger partial charge on any atom is 0.237 e. The topological polar surface area (TPSA) is 60.9 Å². The molecule has 8 heteroatoms. The highest BCUT2D eigenvalue weighted by molar-refractivity contribution is 7.91. The van der Waals surface area contributed by atoms with E-state index in [4.69, 9.17) is 11.6 Å². The molecular formula is C21H32ClN3O3S. The maximum atomic E-state index is 13.1. The molecule has 2 saturated heterocycles. The summed E-state index contributed by atoms with van der Waals surface area (Å²) in [5.74, 6) is 0.655. The number of hydrogen-bond donors (Lipinski definition) is 0. The van der Waals surface area contributed by atoms with Gasteiger partial charge in [0.1, 0.15) is 0 Å². The monoisotopic (exact) mass is 441 g/mol. The van der Waals surface area contributed by atoms with Crippen LogP contribution in [0.25, 0.3) is 0 Å². The van der Waals surface area contributed by atoms with Crippen LogP contribution in [0.3, 0.4) is 0 Å². The van der Waals surface area contributed by atoms with Gasteiger partial charge in [-0.15, -0.1) is 0 Å². The highest BCUT2D eigenvalue weighted by Crippen LogP contribution is 2.25. The normalized spacial score (nSPS) is 22.2. The number of hydrogen-bond acceptors (Lipinski definition) is 5. The summed E-state index contributed by atoms with van der Waals surface area (Å²) in [7, 11) is -3.01. The van der Waals surface area contributed by atoms with E-state index in [0.717, 1.165) is 36.9 Å². The van der Waals surface area contributed by atoms with Gasteiger partial charge in [0.25, 0.3) is 0 Å². The minimum absolute atomic E-state index is 0.0492. The average Bonchev–Trinajstić information content (AvgIpc) is 3.02. The van der Waals surface area contributed by atoms with Crippen molar-refractivity contribution in [1.29, 1.82) is 0 Å². The van der Waals surface area contributed by atoms with Gasteiger partial charge in [0.2, 0.25) is 5.91 Å². The van der Waals surface area contributed by atoms with E-state index < -0.39 is 9.84 Å². The van der Waals surface area contributed by atoms with Gasteiger partial charge in [0, 0.05) is 49.5 Å². The Morgan fingerprint density at radius 3 is 2.52 bits per heavy atom. The highest BCUT2D eigenvalue weighted by Gasteiger charge is 2.35. The van der Waals surface area contributed by atoms with Crippen molar-refractivity contribution in [3.8, 4) is 0 Å². The lowest BCUT2D eigenvalue weighted by Crippen LogP contribution is -2.52. The Morgan fingerprint density at radius 1 is 1.24 bits per heavy atom. The van der Waals surface area contributed by atoms with E-state index in [-0.39, 0.29) is 23.5 Å². The van der Waals surface area contributed by atoms with Crippen LogP contribution in [-0.4, -0.2) is 80.9 Å². The summed E-state index contributed by atoms with van der Waals surface area (Å²) < 4.78 is 23.8. The van der Waals surface area contributed by atoms with E-state index in [0.29, 0.717) is 25.4 Å². The first kappa shape index (κ1) is 22.4. The summed E-state index contributed by atoms with van der Waals surface area (Å²) in [6, 6.07) is 5.77. The molecule has 0 aliphatic carbocycles. The third kappa shape index (κ3) is 5.86. The van der Waals surface area contributed by atoms with Crippen molar-refractivity contribution >= 4 is 33.0 Å². The number of amides is 1. The Balaban J connectivity index is 1.59. The molecule has 2 aliphatic heterocycles. The zero-order valence-electron chi connectivity index (χ0n) is 17.6. The molecule has 0 aromatic heterocycles. The molecule has 162 valence electrons. The fraction of sp³-hybridized carbons (Fsp3) is 0.667. The predicted molar refractivity (Wildman–Crippen MR) is 118 cm³/mol. The number of aryl methyl sites for hydroxylation is 1. The second-order valence-electron chi connectivity index (χ2n) is 8.69. The first-order valence-corrected chi connectivity index (χ1v) is 12.6. The quantitative estimate of drug-likeness (QED) is 0.678. The van der Waals surface area contributed by atoms with Gasteiger partial charge >= 0.3 is 0 Å². The SMILES string of the molecule is Cc1ccc(Cl)cc1N1CCN(CC(=O)N(CC(C)C)C2CCS(=O)(=O)C2)CC1. The Morgan fingerprint density at radius 2 is 1.93 bits per heavy atom. The first-order chi connectivity index (χ1) is 13.6. The summed E-state index contributed by atoms with van der Waals surface area (Å²) in [6.07, 6.45) is 0.558. The van der Waals surface area contributed by atoms with Crippen LogP contribution in [0.1, 0.15) is 25.8 Å². The number of anilines is 1. The van der Waals surface area contributed by atoms with Gasteiger partial charge in [-0.2, -0.15) is 0 Å². The van der Waals surface area contributed by atoms with Crippen LogP contribution >= 0.6 is 11.6 Å². The Kier molecular flexibility index (Phi) is 7.12. The predicted octanol–water partition coefficient (Wildman–Crippen LogP) is 2.44. The number of rotatable bonds is 6. The van der Waals surface area contributed by atoms with Crippen molar-refractivity contribution in [2.45, 2.75) is 33.2 Å². The molecule has 2 aliphatic rings. The molecule has 2 fully saturated rings. The largest absolute Gasteiger partial charge is 0.369 e. The molecule has 2 heterocycles. The number of piperazine rings is 1. The standard InChI is InChI=1S/C21H32ClN3O3S/c1-16(2)13-25(19-6-11-29(27,28)15-19)21(26)14-23-7-9-24(10-8-23)20-12-18(22)5-4-17(20)3/h4-5,12,16,19H,6-11,13-15H2,1-3H3. The molecule has 0 bridgehead atoms. The van der Waals surface area contributed by atoms with Crippen molar-refractivity contribution in [2.24, 2.45) is 5.92 Å². The zero-order chi connectivity index (χ0) is 21.2. The van der Waals surface area contributed by atoms with Gasteiger partial charge in [0.15, 0.2) is 9.84 Å². The molecule has 1 amide bonds. The fourth-order valence-electron chi connectivity index (χ4n) is 4.22. The molecule has 1 aromatic rings. The lowest BCUT2D eigenvalue weighted by molar-refractivity contribution is -0.135. The smallest absolute Gasteiger partial charge is 0.237 e.